The Labute approximate surface area is 357 Å². The first-order chi connectivity index (χ1) is 25.0. The highest BCUT2D eigenvalue weighted by molar-refractivity contribution is 7.88. The van der Waals surface area contributed by atoms with Crippen molar-refractivity contribution in [3.05, 3.63) is 86.5 Å². The topological polar surface area (TPSA) is 3.24 Å². The molecule has 3 heteroatoms. The monoisotopic (exact) mass is 812 g/mol. The highest BCUT2D eigenvalue weighted by Gasteiger charge is 2.38. The van der Waals surface area contributed by atoms with Crippen LogP contribution in [0, 0.1) is 0 Å². The molecule has 0 radical (unpaired) electrons. The van der Waals surface area contributed by atoms with E-state index in [0.717, 1.165) is 0 Å². The molecule has 3 aromatic carbocycles. The Morgan fingerprint density at radius 2 is 0.474 bits per heavy atom. The van der Waals surface area contributed by atoms with Crippen LogP contribution >= 0.6 is 15.9 Å². The molecule has 318 valence electrons. The second kappa shape index (κ2) is 15.5. The molecule has 0 aromatic heterocycles. The van der Waals surface area contributed by atoms with Crippen molar-refractivity contribution in [2.24, 2.45) is 0 Å². The van der Waals surface area contributed by atoms with Crippen molar-refractivity contribution in [3.63, 3.8) is 0 Å². The summed E-state index contributed by atoms with van der Waals surface area (Å²) < 4.78 is 2.82. The van der Waals surface area contributed by atoms with Gasteiger partial charge in [-0.15, -0.1) is 0 Å². The molecular weight excluding hydrogens is 725 g/mol. The molecule has 0 heterocycles. The second-order valence-electron chi connectivity index (χ2n) is 26.5. The van der Waals surface area contributed by atoms with E-state index in [4.69, 9.17) is 0 Å². The molecule has 0 atom stereocenters. The second-order valence-corrected chi connectivity index (χ2v) is 28.9. The first-order valence-corrected chi connectivity index (χ1v) is 24.2. The van der Waals surface area contributed by atoms with Gasteiger partial charge >= 0.3 is 0 Å². The molecule has 0 saturated heterocycles. The van der Waals surface area contributed by atoms with Gasteiger partial charge in [0.15, 0.2) is 0 Å². The van der Waals surface area contributed by atoms with Crippen molar-refractivity contribution in [2.45, 2.75) is 236 Å². The summed E-state index contributed by atoms with van der Waals surface area (Å²) in [5.74, 6) is 0. The highest BCUT2D eigenvalue weighted by atomic mass is 31.7. The fourth-order valence-electron chi connectivity index (χ4n) is 7.49. The maximum absolute atomic E-state index is 2.82. The van der Waals surface area contributed by atoms with E-state index in [9.17, 15) is 0 Å². The molecule has 0 aliphatic heterocycles. The molecule has 0 spiro atoms. The van der Waals surface area contributed by atoms with E-state index in [2.05, 4.69) is 228 Å². The fraction of sp³-hybridized carbons (Fsp3) is 0.667. The zero-order valence-corrected chi connectivity index (χ0v) is 44.1. The summed E-state index contributed by atoms with van der Waals surface area (Å²) in [6.45, 7) is 64.9. The van der Waals surface area contributed by atoms with Crippen molar-refractivity contribution >= 4 is 32.6 Å². The van der Waals surface area contributed by atoms with Crippen molar-refractivity contribution in [1.29, 1.82) is 0 Å². The van der Waals surface area contributed by atoms with E-state index in [1.165, 1.54) is 82.6 Å². The van der Waals surface area contributed by atoms with Gasteiger partial charge in [0, 0.05) is 5.30 Å². The molecule has 0 amide bonds. The minimum atomic E-state index is -0.0993. The van der Waals surface area contributed by atoms with Crippen LogP contribution in [0.15, 0.2) is 36.4 Å². The van der Waals surface area contributed by atoms with Gasteiger partial charge in [-0.05, 0) is 107 Å². The predicted octanol–water partition coefficient (Wildman–Crippen LogP) is 17.6. The lowest BCUT2D eigenvalue weighted by Crippen LogP contribution is -2.30. The van der Waals surface area contributed by atoms with Crippen molar-refractivity contribution in [1.82, 2.24) is 0 Å². The largest absolute Gasteiger partial charge is 0.288 e. The summed E-state index contributed by atoms with van der Waals surface area (Å²) in [7, 11) is 2.53. The van der Waals surface area contributed by atoms with Crippen LogP contribution in [0.2, 0.25) is 0 Å². The Kier molecular flexibility index (Phi) is 13.4. The number of hydrogen-bond acceptors (Lipinski definition) is 0. The van der Waals surface area contributed by atoms with Gasteiger partial charge in [0.25, 0.3) is 0 Å². The maximum Gasteiger partial charge on any atom is 0.0574 e. The number of hydrogen-bond donors (Lipinski definition) is 0. The van der Waals surface area contributed by atoms with E-state index in [1.54, 1.807) is 0 Å². The normalized spacial score (nSPS) is 14.5. The molecule has 1 nitrogen and oxygen atoms in total. The van der Waals surface area contributed by atoms with Gasteiger partial charge in [0.05, 0.1) is 19.4 Å². The number of benzene rings is 3. The van der Waals surface area contributed by atoms with Crippen LogP contribution in [0.5, 0.6) is 0 Å². The van der Waals surface area contributed by atoms with Crippen LogP contribution in [0.4, 0.5) is 11.4 Å². The van der Waals surface area contributed by atoms with Gasteiger partial charge in [-0.2, -0.15) is 0 Å². The van der Waals surface area contributed by atoms with Gasteiger partial charge < -0.3 is 0 Å². The summed E-state index contributed by atoms with van der Waals surface area (Å²) in [6.07, 6.45) is 0. The van der Waals surface area contributed by atoms with E-state index in [-0.39, 0.29) is 48.7 Å². The fourth-order valence-corrected chi connectivity index (χ4v) is 11.0. The molecule has 57 heavy (non-hydrogen) atoms. The first-order valence-electron chi connectivity index (χ1n) is 21.8. The quantitative estimate of drug-likeness (QED) is 0.237. The standard InChI is InChI=1S/C54H87NP2/c1-46(2,3)34-28-37(49(10,11)12)43(38(29-34)50(13,14)15)55(44-39(51(16,17)18)30-35(47(4,5)6)31-40(44)52(19,20)21)57-56-45-41(53(22,23)24)32-36(48(7,8)9)33-42(45)54(25,26)27/h28-33H,1-27H3. The van der Waals surface area contributed by atoms with Gasteiger partial charge in [-0.25, -0.2) is 0 Å². The average molecular weight is 812 g/mol. The van der Waals surface area contributed by atoms with E-state index in [0.29, 0.717) is 0 Å². The molecule has 3 aromatic rings. The van der Waals surface area contributed by atoms with Crippen LogP contribution in [-0.2, 0) is 48.7 Å². The zero-order valence-electron chi connectivity index (χ0n) is 42.3. The third-order valence-electron chi connectivity index (χ3n) is 11.4. The average Bonchev–Trinajstić information content (AvgIpc) is 2.96. The van der Waals surface area contributed by atoms with Gasteiger partial charge in [-0.1, -0.05) is 223 Å². The van der Waals surface area contributed by atoms with Crippen molar-refractivity contribution < 1.29 is 0 Å². The van der Waals surface area contributed by atoms with Crippen LogP contribution in [-0.4, -0.2) is 0 Å². The van der Waals surface area contributed by atoms with E-state index < -0.39 is 0 Å². The third kappa shape index (κ3) is 11.5. The Hall–Kier alpha value is -1.94. The Bertz CT molecular complexity index is 1760. The van der Waals surface area contributed by atoms with Gasteiger partial charge in [0.2, 0.25) is 0 Å². The van der Waals surface area contributed by atoms with Crippen LogP contribution in [0.25, 0.3) is 0 Å². The third-order valence-corrected chi connectivity index (χ3v) is 14.2. The molecule has 3 rings (SSSR count). The van der Waals surface area contributed by atoms with Gasteiger partial charge in [0.1, 0.15) is 0 Å². The Morgan fingerprint density at radius 1 is 0.281 bits per heavy atom. The Balaban J connectivity index is 2.91. The molecular formula is C54H87NP2. The molecule has 0 saturated carbocycles. The number of nitrogens with zero attached hydrogens (tertiary/aromatic N) is 1. The maximum atomic E-state index is 2.82. The van der Waals surface area contributed by atoms with Crippen LogP contribution < -0.4 is 9.97 Å². The first kappa shape index (κ1) is 49.4. The summed E-state index contributed by atoms with van der Waals surface area (Å²) in [6, 6.07) is 15.4. The molecule has 0 aliphatic carbocycles. The lowest BCUT2D eigenvalue weighted by molar-refractivity contribution is 0.545. The lowest BCUT2D eigenvalue weighted by atomic mass is 9.72. The lowest BCUT2D eigenvalue weighted by Gasteiger charge is -2.41. The molecule has 0 N–H and O–H groups in total. The predicted molar refractivity (Wildman–Crippen MR) is 263 cm³/mol. The number of anilines is 2. The van der Waals surface area contributed by atoms with Crippen molar-refractivity contribution in [2.75, 3.05) is 4.67 Å². The van der Waals surface area contributed by atoms with Crippen LogP contribution in [0.3, 0.4) is 0 Å². The van der Waals surface area contributed by atoms with Gasteiger partial charge in [-0.3, -0.25) is 4.67 Å². The Morgan fingerprint density at radius 3 is 0.649 bits per heavy atom. The van der Waals surface area contributed by atoms with Crippen LogP contribution in [0.1, 0.15) is 237 Å². The van der Waals surface area contributed by atoms with E-state index >= 15 is 0 Å². The number of rotatable bonds is 4. The molecule has 0 unspecified atom stereocenters. The summed E-state index contributed by atoms with van der Waals surface area (Å²) in [5.41, 5.74) is 15.3. The van der Waals surface area contributed by atoms with E-state index in [1.807, 2.05) is 0 Å². The highest BCUT2D eigenvalue weighted by Crippen LogP contribution is 2.54. The van der Waals surface area contributed by atoms with Crippen molar-refractivity contribution in [3.8, 4) is 0 Å². The minimum Gasteiger partial charge on any atom is -0.288 e. The zero-order chi connectivity index (χ0) is 44.7. The molecule has 0 bridgehead atoms. The summed E-state index contributed by atoms with van der Waals surface area (Å²) >= 11 is 0. The minimum absolute atomic E-state index is 0.0127. The SMILES string of the molecule is CC(C)(C)c1cc(C(C)(C)C)c(P=PN(c2c(C(C)(C)C)cc(C(C)(C)C)cc2C(C)(C)C)c2c(C(C)(C)C)cc(C(C)(C)C)cc2C(C)(C)C)c(C(C)(C)C)c1. The molecule has 0 fully saturated rings. The summed E-state index contributed by atoms with van der Waals surface area (Å²) in [4.78, 5) is 0. The molecule has 0 aliphatic rings. The smallest absolute Gasteiger partial charge is 0.0574 e. The summed E-state index contributed by atoms with van der Waals surface area (Å²) in [5, 5.41) is 1.48.